The van der Waals surface area contributed by atoms with Gasteiger partial charge in [-0.05, 0) is 30.7 Å². The summed E-state index contributed by atoms with van der Waals surface area (Å²) in [5, 5.41) is 13.7. The average molecular weight is 304 g/mol. The molecule has 6 nitrogen and oxygen atoms in total. The van der Waals surface area contributed by atoms with E-state index in [2.05, 4.69) is 42.6 Å². The van der Waals surface area contributed by atoms with Crippen molar-refractivity contribution in [3.8, 4) is 0 Å². The molecule has 7 heteroatoms. The Morgan fingerprint density at radius 2 is 2.38 bits per heavy atom. The first-order valence-electron chi connectivity index (χ1n) is 7.30. The van der Waals surface area contributed by atoms with Gasteiger partial charge in [0.2, 0.25) is 0 Å². The van der Waals surface area contributed by atoms with E-state index in [1.54, 1.807) is 11.3 Å². The van der Waals surface area contributed by atoms with E-state index < -0.39 is 0 Å². The largest absolute Gasteiger partial charge is 0.370 e. The second-order valence-corrected chi connectivity index (χ2v) is 6.13. The number of nitrogens with one attached hydrogen (secondary N) is 1. The highest BCUT2D eigenvalue weighted by molar-refractivity contribution is 7.09. The van der Waals surface area contributed by atoms with Gasteiger partial charge in [-0.1, -0.05) is 6.07 Å². The number of hydrogen-bond acceptors (Lipinski definition) is 4. The van der Waals surface area contributed by atoms with Gasteiger partial charge in [0.1, 0.15) is 12.4 Å². The molecule has 1 aliphatic rings. The average Bonchev–Trinajstić information content (AvgIpc) is 3.14. The van der Waals surface area contributed by atoms with Crippen LogP contribution in [0.5, 0.6) is 0 Å². The van der Waals surface area contributed by atoms with E-state index in [1.165, 1.54) is 17.7 Å². The van der Waals surface area contributed by atoms with Crippen LogP contribution in [0.3, 0.4) is 0 Å². The van der Waals surface area contributed by atoms with Crippen LogP contribution in [0.1, 0.15) is 29.4 Å². The maximum Gasteiger partial charge on any atom is 0.189 e. The number of hydrogen-bond donors (Lipinski definition) is 2. The predicted molar refractivity (Wildman–Crippen MR) is 84.3 cm³/mol. The van der Waals surface area contributed by atoms with Gasteiger partial charge < -0.3 is 15.6 Å². The molecule has 0 aromatic carbocycles. The molecule has 21 heavy (non-hydrogen) atoms. The summed E-state index contributed by atoms with van der Waals surface area (Å²) in [7, 11) is 0. The summed E-state index contributed by atoms with van der Waals surface area (Å²) in [6.07, 6.45) is 4.38. The van der Waals surface area contributed by atoms with E-state index in [-0.39, 0.29) is 0 Å². The lowest BCUT2D eigenvalue weighted by Crippen LogP contribution is -2.33. The van der Waals surface area contributed by atoms with Gasteiger partial charge in [0, 0.05) is 24.4 Å². The van der Waals surface area contributed by atoms with Crippen molar-refractivity contribution in [1.82, 2.24) is 20.1 Å². The fraction of sp³-hybridized carbons (Fsp3) is 0.500. The molecule has 112 valence electrons. The molecule has 0 atom stereocenters. The molecule has 0 unspecified atom stereocenters. The minimum Gasteiger partial charge on any atom is -0.370 e. The summed E-state index contributed by atoms with van der Waals surface area (Å²) in [5.41, 5.74) is 5.89. The second-order valence-electron chi connectivity index (χ2n) is 5.10. The van der Waals surface area contributed by atoms with Gasteiger partial charge in [-0.3, -0.25) is 0 Å². The van der Waals surface area contributed by atoms with Gasteiger partial charge in [0.25, 0.3) is 0 Å². The zero-order chi connectivity index (χ0) is 14.5. The monoisotopic (exact) mass is 304 g/mol. The summed E-state index contributed by atoms with van der Waals surface area (Å²) in [6, 6.07) is 4.19. The highest BCUT2D eigenvalue weighted by atomic mass is 32.1. The van der Waals surface area contributed by atoms with E-state index >= 15 is 0 Å². The zero-order valence-corrected chi connectivity index (χ0v) is 12.8. The summed E-state index contributed by atoms with van der Waals surface area (Å²) in [6.45, 7) is 2.29. The first-order valence-corrected chi connectivity index (χ1v) is 8.18. The number of thiophene rings is 1. The molecule has 3 heterocycles. The number of rotatable bonds is 5. The van der Waals surface area contributed by atoms with Gasteiger partial charge >= 0.3 is 0 Å². The van der Waals surface area contributed by atoms with Gasteiger partial charge in [0.15, 0.2) is 11.8 Å². The van der Waals surface area contributed by atoms with Gasteiger partial charge in [-0.15, -0.1) is 21.5 Å². The van der Waals surface area contributed by atoms with Crippen molar-refractivity contribution in [1.29, 1.82) is 0 Å². The van der Waals surface area contributed by atoms with E-state index in [4.69, 9.17) is 5.73 Å². The number of aliphatic imine (C=N–C) groups is 1. The summed E-state index contributed by atoms with van der Waals surface area (Å²) >= 11 is 1.76. The molecule has 0 radical (unpaired) electrons. The van der Waals surface area contributed by atoms with Crippen molar-refractivity contribution >= 4 is 17.3 Å². The van der Waals surface area contributed by atoms with Crippen LogP contribution in [0.2, 0.25) is 0 Å². The Morgan fingerprint density at radius 1 is 1.43 bits per heavy atom. The molecule has 0 saturated heterocycles. The molecule has 3 rings (SSSR count). The van der Waals surface area contributed by atoms with E-state index in [1.807, 2.05) is 0 Å². The first kappa shape index (κ1) is 14.1. The molecular formula is C14H20N6S. The topological polar surface area (TPSA) is 81.1 Å². The van der Waals surface area contributed by atoms with Crippen LogP contribution in [0.25, 0.3) is 0 Å². The van der Waals surface area contributed by atoms with Gasteiger partial charge in [-0.2, -0.15) is 0 Å². The standard InChI is InChI=1S/C14H20N6S/c15-14(16-7-6-11-4-3-9-21-11)17-10-13-19-18-12-5-1-2-8-20(12)13/h3-4,9H,1-2,5-8,10H2,(H3,15,16,17). The van der Waals surface area contributed by atoms with Crippen LogP contribution in [-0.4, -0.2) is 27.3 Å². The van der Waals surface area contributed by atoms with Gasteiger partial charge in [0.05, 0.1) is 0 Å². The van der Waals surface area contributed by atoms with Crippen LogP contribution >= 0.6 is 11.3 Å². The number of nitrogens with two attached hydrogens (primary N) is 1. The third-order valence-electron chi connectivity index (χ3n) is 3.58. The summed E-state index contributed by atoms with van der Waals surface area (Å²) in [4.78, 5) is 5.71. The number of aryl methyl sites for hydroxylation is 1. The normalized spacial score (nSPS) is 15.0. The number of fused-ring (bicyclic) bond motifs is 1. The van der Waals surface area contributed by atoms with Crippen LogP contribution in [0.15, 0.2) is 22.5 Å². The van der Waals surface area contributed by atoms with Crippen molar-refractivity contribution in [2.75, 3.05) is 6.54 Å². The molecule has 0 aliphatic carbocycles. The van der Waals surface area contributed by atoms with Crippen LogP contribution in [-0.2, 0) is 25.9 Å². The fourth-order valence-corrected chi connectivity index (χ4v) is 3.17. The third kappa shape index (κ3) is 3.60. The molecule has 2 aromatic rings. The lowest BCUT2D eigenvalue weighted by atomic mass is 10.2. The molecule has 0 amide bonds. The summed E-state index contributed by atoms with van der Waals surface area (Å²) < 4.78 is 2.17. The van der Waals surface area contributed by atoms with Crippen molar-refractivity contribution < 1.29 is 0 Å². The molecule has 3 N–H and O–H groups in total. The summed E-state index contributed by atoms with van der Waals surface area (Å²) in [5.74, 6) is 2.46. The Hall–Kier alpha value is -1.89. The molecule has 1 aliphatic heterocycles. The highest BCUT2D eigenvalue weighted by Gasteiger charge is 2.14. The predicted octanol–water partition coefficient (Wildman–Crippen LogP) is 1.32. The molecule has 0 fully saturated rings. The maximum absolute atomic E-state index is 5.89. The maximum atomic E-state index is 5.89. The second kappa shape index (κ2) is 6.71. The molecule has 0 saturated carbocycles. The quantitative estimate of drug-likeness (QED) is 0.645. The van der Waals surface area contributed by atoms with Crippen molar-refractivity contribution in [3.63, 3.8) is 0 Å². The number of aromatic nitrogens is 3. The van der Waals surface area contributed by atoms with E-state index in [0.29, 0.717) is 12.5 Å². The minimum absolute atomic E-state index is 0.472. The van der Waals surface area contributed by atoms with Crippen LogP contribution in [0.4, 0.5) is 0 Å². The Labute approximate surface area is 128 Å². The zero-order valence-electron chi connectivity index (χ0n) is 12.0. The Balaban J connectivity index is 1.49. The lowest BCUT2D eigenvalue weighted by Gasteiger charge is -2.13. The number of guanidine groups is 1. The van der Waals surface area contributed by atoms with E-state index in [0.717, 1.165) is 37.6 Å². The Kier molecular flexibility index (Phi) is 4.49. The molecular weight excluding hydrogens is 284 g/mol. The van der Waals surface area contributed by atoms with Gasteiger partial charge in [-0.25, -0.2) is 4.99 Å². The smallest absolute Gasteiger partial charge is 0.189 e. The Morgan fingerprint density at radius 3 is 3.24 bits per heavy atom. The SMILES string of the molecule is NC(=NCc1nnc2n1CCCC2)NCCc1cccs1. The third-order valence-corrected chi connectivity index (χ3v) is 4.52. The van der Waals surface area contributed by atoms with Crippen molar-refractivity contribution in [2.24, 2.45) is 10.7 Å². The van der Waals surface area contributed by atoms with Crippen molar-refractivity contribution in [2.45, 2.75) is 38.8 Å². The van der Waals surface area contributed by atoms with E-state index in [9.17, 15) is 0 Å². The minimum atomic E-state index is 0.472. The molecule has 2 aromatic heterocycles. The molecule has 0 spiro atoms. The Bertz CT molecular complexity index is 601. The fourth-order valence-electron chi connectivity index (χ4n) is 2.47. The highest BCUT2D eigenvalue weighted by Crippen LogP contribution is 2.14. The first-order chi connectivity index (χ1) is 10.3. The van der Waals surface area contributed by atoms with Crippen LogP contribution in [0, 0.1) is 0 Å². The van der Waals surface area contributed by atoms with Crippen LogP contribution < -0.4 is 11.1 Å². The van der Waals surface area contributed by atoms with Crippen molar-refractivity contribution in [3.05, 3.63) is 34.0 Å². The lowest BCUT2D eigenvalue weighted by molar-refractivity contribution is 0.508. The molecule has 0 bridgehead atoms. The number of nitrogens with zero attached hydrogens (tertiary/aromatic N) is 4.